The molecule has 0 spiro atoms. The van der Waals surface area contributed by atoms with Crippen molar-refractivity contribution >= 4 is 5.78 Å². The van der Waals surface area contributed by atoms with Gasteiger partial charge in [-0.2, -0.15) is 0 Å². The first-order valence-corrected chi connectivity index (χ1v) is 12.6. The summed E-state index contributed by atoms with van der Waals surface area (Å²) in [4.78, 5) is 12.0. The van der Waals surface area contributed by atoms with Crippen LogP contribution in [0.5, 0.6) is 0 Å². The Morgan fingerprint density at radius 3 is 2.41 bits per heavy atom. The van der Waals surface area contributed by atoms with Crippen LogP contribution in [0, 0.1) is 52.3 Å². The molecular weight excluding hydrogens is 352 g/mol. The zero-order chi connectivity index (χ0) is 21.0. The fourth-order valence-corrected chi connectivity index (χ4v) is 8.17. The Morgan fingerprint density at radius 1 is 0.931 bits per heavy atom. The number of fused-ring (bicyclic) bond motifs is 5. The lowest BCUT2D eigenvalue weighted by Crippen LogP contribution is -2.50. The molecule has 0 aromatic rings. The van der Waals surface area contributed by atoms with E-state index in [1.165, 1.54) is 44.1 Å². The molecule has 0 unspecified atom stereocenters. The highest BCUT2D eigenvalue weighted by Crippen LogP contribution is 2.67. The summed E-state index contributed by atoms with van der Waals surface area (Å²) in [5, 5.41) is 0. The van der Waals surface area contributed by atoms with Crippen LogP contribution in [-0.4, -0.2) is 5.78 Å². The maximum atomic E-state index is 12.0. The zero-order valence-electron chi connectivity index (χ0n) is 19.8. The second-order valence-electron chi connectivity index (χ2n) is 12.0. The van der Waals surface area contributed by atoms with Crippen molar-refractivity contribution in [3.63, 3.8) is 0 Å². The molecule has 0 N–H and O–H groups in total. The molecule has 0 amide bonds. The lowest BCUT2D eigenvalue weighted by atomic mass is 9.46. The van der Waals surface area contributed by atoms with E-state index in [-0.39, 0.29) is 0 Å². The van der Waals surface area contributed by atoms with E-state index in [2.05, 4.69) is 53.7 Å². The second kappa shape index (κ2) is 7.69. The Hall–Kier alpha value is -0.850. The topological polar surface area (TPSA) is 17.1 Å². The molecule has 4 aliphatic carbocycles. The summed E-state index contributed by atoms with van der Waals surface area (Å²) >= 11 is 0. The third kappa shape index (κ3) is 3.49. The summed E-state index contributed by atoms with van der Waals surface area (Å²) in [6, 6.07) is 0. The molecule has 0 aliphatic heterocycles. The summed E-state index contributed by atoms with van der Waals surface area (Å²) in [7, 11) is 0. The summed E-state index contributed by atoms with van der Waals surface area (Å²) in [5.74, 6) is 5.95. The largest absolute Gasteiger partial charge is 0.295 e. The third-order valence-corrected chi connectivity index (χ3v) is 10.4. The molecule has 8 atom stereocenters. The van der Waals surface area contributed by atoms with Crippen molar-refractivity contribution in [2.75, 3.05) is 0 Å². The van der Waals surface area contributed by atoms with Crippen LogP contribution in [0.25, 0.3) is 0 Å². The van der Waals surface area contributed by atoms with Gasteiger partial charge < -0.3 is 0 Å². The monoisotopic (exact) mass is 396 g/mol. The van der Waals surface area contributed by atoms with E-state index in [9.17, 15) is 4.79 Å². The van der Waals surface area contributed by atoms with E-state index in [1.807, 2.05) is 6.08 Å². The predicted octanol–water partition coefficient (Wildman–Crippen LogP) is 7.62. The van der Waals surface area contributed by atoms with Crippen molar-refractivity contribution < 1.29 is 4.79 Å². The van der Waals surface area contributed by atoms with Crippen LogP contribution in [-0.2, 0) is 4.79 Å². The van der Waals surface area contributed by atoms with E-state index < -0.39 is 0 Å². The fourth-order valence-electron chi connectivity index (χ4n) is 8.17. The van der Waals surface area contributed by atoms with Gasteiger partial charge in [-0.3, -0.25) is 4.79 Å². The Balaban J connectivity index is 1.53. The zero-order valence-corrected chi connectivity index (χ0v) is 19.8. The number of carbonyl (C=O) groups is 1. The highest BCUT2D eigenvalue weighted by molar-refractivity contribution is 5.91. The third-order valence-electron chi connectivity index (χ3n) is 10.4. The van der Waals surface area contributed by atoms with E-state index >= 15 is 0 Å². The number of carbonyl (C=O) groups excluding carboxylic acids is 1. The molecule has 0 aromatic heterocycles. The standard InChI is InChI=1S/C28H44O/c1-18(2)19(3)7-8-20(4)24-11-12-25-23-10-9-21-17-22(29)13-15-27(21,5)26(23)14-16-28(24,25)6/h7-8,17-20,23-26H,9-16H2,1-6H3/b8-7-/t19-,20-,23+,24-,25+,26+,27+,28-/m1/s1. The molecule has 4 rings (SSSR count). The first-order valence-electron chi connectivity index (χ1n) is 12.6. The second-order valence-corrected chi connectivity index (χ2v) is 12.0. The van der Waals surface area contributed by atoms with Gasteiger partial charge in [0.15, 0.2) is 5.78 Å². The molecule has 1 nitrogen and oxygen atoms in total. The maximum absolute atomic E-state index is 12.0. The quantitative estimate of drug-likeness (QED) is 0.447. The highest BCUT2D eigenvalue weighted by Gasteiger charge is 2.59. The summed E-state index contributed by atoms with van der Waals surface area (Å²) in [6.07, 6.45) is 17.2. The van der Waals surface area contributed by atoms with Crippen molar-refractivity contribution in [3.8, 4) is 0 Å². The Bertz CT molecular complexity index is 699. The molecule has 0 heterocycles. The summed E-state index contributed by atoms with van der Waals surface area (Å²) in [5.41, 5.74) is 2.34. The lowest BCUT2D eigenvalue weighted by Gasteiger charge is -2.58. The number of ketones is 1. The van der Waals surface area contributed by atoms with Crippen molar-refractivity contribution in [1.82, 2.24) is 0 Å². The molecule has 1 heteroatoms. The lowest BCUT2D eigenvalue weighted by molar-refractivity contribution is -0.117. The molecular formula is C28H44O. The predicted molar refractivity (Wildman–Crippen MR) is 123 cm³/mol. The minimum atomic E-state index is 0.314. The van der Waals surface area contributed by atoms with Gasteiger partial charge in [-0.1, -0.05) is 59.3 Å². The number of hydrogen-bond donors (Lipinski definition) is 0. The normalized spacial score (nSPS) is 44.2. The first kappa shape index (κ1) is 21.4. The van der Waals surface area contributed by atoms with Crippen molar-refractivity contribution in [3.05, 3.63) is 23.8 Å². The van der Waals surface area contributed by atoms with Crippen LogP contribution >= 0.6 is 0 Å². The van der Waals surface area contributed by atoms with Crippen LogP contribution in [0.4, 0.5) is 0 Å². The summed E-state index contributed by atoms with van der Waals surface area (Å²) in [6.45, 7) is 14.7. The molecule has 3 fully saturated rings. The van der Waals surface area contributed by atoms with Crippen LogP contribution < -0.4 is 0 Å². The van der Waals surface area contributed by atoms with Gasteiger partial charge >= 0.3 is 0 Å². The van der Waals surface area contributed by atoms with Gasteiger partial charge in [0.2, 0.25) is 0 Å². The van der Waals surface area contributed by atoms with Gasteiger partial charge in [-0.05, 0) is 103 Å². The fraction of sp³-hybridized carbons (Fsp3) is 0.821. The SMILES string of the molecule is CC(C)[C@H](C)/C=C\[C@@H](C)[C@H]1CC[C@H]2[C@@H]3CCC4=CC(=O)CC[C@]4(C)[C@H]3CC[C@]12C. The van der Waals surface area contributed by atoms with Crippen molar-refractivity contribution in [2.45, 2.75) is 92.9 Å². The van der Waals surface area contributed by atoms with E-state index in [0.29, 0.717) is 28.4 Å². The van der Waals surface area contributed by atoms with Gasteiger partial charge in [0, 0.05) is 6.42 Å². The van der Waals surface area contributed by atoms with Crippen molar-refractivity contribution in [1.29, 1.82) is 0 Å². The van der Waals surface area contributed by atoms with Crippen LogP contribution in [0.2, 0.25) is 0 Å². The van der Waals surface area contributed by atoms with Gasteiger partial charge in [0.05, 0.1) is 0 Å². The van der Waals surface area contributed by atoms with E-state index in [4.69, 9.17) is 0 Å². The van der Waals surface area contributed by atoms with Gasteiger partial charge in [-0.15, -0.1) is 0 Å². The molecule has 0 radical (unpaired) electrons. The molecule has 162 valence electrons. The van der Waals surface area contributed by atoms with Gasteiger partial charge in [0.1, 0.15) is 0 Å². The minimum Gasteiger partial charge on any atom is -0.295 e. The molecule has 3 saturated carbocycles. The van der Waals surface area contributed by atoms with Crippen LogP contribution in [0.1, 0.15) is 92.9 Å². The molecule has 0 bridgehead atoms. The number of hydrogen-bond acceptors (Lipinski definition) is 1. The molecule has 29 heavy (non-hydrogen) atoms. The first-order chi connectivity index (χ1) is 13.7. The molecule has 0 saturated heterocycles. The van der Waals surface area contributed by atoms with E-state index in [0.717, 1.165) is 42.4 Å². The Morgan fingerprint density at radius 2 is 1.69 bits per heavy atom. The Labute approximate surface area is 179 Å². The van der Waals surface area contributed by atoms with E-state index in [1.54, 1.807) is 0 Å². The van der Waals surface area contributed by atoms with Crippen LogP contribution in [0.3, 0.4) is 0 Å². The van der Waals surface area contributed by atoms with Gasteiger partial charge in [0.25, 0.3) is 0 Å². The minimum absolute atomic E-state index is 0.314. The van der Waals surface area contributed by atoms with Crippen LogP contribution in [0.15, 0.2) is 23.8 Å². The molecule has 4 aliphatic rings. The van der Waals surface area contributed by atoms with Crippen molar-refractivity contribution in [2.24, 2.45) is 52.3 Å². The maximum Gasteiger partial charge on any atom is 0.155 e. The smallest absolute Gasteiger partial charge is 0.155 e. The molecule has 0 aromatic carbocycles. The average Bonchev–Trinajstić information content (AvgIpc) is 3.03. The average molecular weight is 397 g/mol. The number of allylic oxidation sites excluding steroid dienone is 3. The van der Waals surface area contributed by atoms with Gasteiger partial charge in [-0.25, -0.2) is 0 Å². The highest BCUT2D eigenvalue weighted by atomic mass is 16.1. The number of rotatable bonds is 4. The summed E-state index contributed by atoms with van der Waals surface area (Å²) < 4.78 is 0. The Kier molecular flexibility index (Phi) is 5.67.